The van der Waals surface area contributed by atoms with Gasteiger partial charge in [0.2, 0.25) is 0 Å². The molecular formula is C13H13F2N3S. The summed E-state index contributed by atoms with van der Waals surface area (Å²) >= 11 is 1.43. The first-order valence-electron chi connectivity index (χ1n) is 6.02. The molecule has 100 valence electrons. The fourth-order valence-electron chi connectivity index (χ4n) is 2.40. The Morgan fingerprint density at radius 3 is 2.68 bits per heavy atom. The van der Waals surface area contributed by atoms with Crippen molar-refractivity contribution in [1.82, 2.24) is 9.88 Å². The van der Waals surface area contributed by atoms with Gasteiger partial charge in [0.05, 0.1) is 0 Å². The second kappa shape index (κ2) is 4.86. The average Bonchev–Trinajstić information content (AvgIpc) is 2.80. The van der Waals surface area contributed by atoms with Crippen molar-refractivity contribution in [1.29, 1.82) is 0 Å². The second-order valence-corrected chi connectivity index (χ2v) is 5.76. The number of nitrogen functional groups attached to an aromatic ring is 1. The van der Waals surface area contributed by atoms with Crippen molar-refractivity contribution in [3.8, 4) is 0 Å². The number of benzene rings is 1. The summed E-state index contributed by atoms with van der Waals surface area (Å²) < 4.78 is 27.3. The van der Waals surface area contributed by atoms with E-state index in [1.807, 2.05) is 0 Å². The van der Waals surface area contributed by atoms with Crippen molar-refractivity contribution in [2.24, 2.45) is 0 Å². The highest BCUT2D eigenvalue weighted by atomic mass is 32.1. The molecule has 1 aliphatic rings. The first-order chi connectivity index (χ1) is 9.13. The molecule has 0 amide bonds. The molecule has 0 saturated heterocycles. The van der Waals surface area contributed by atoms with Crippen molar-refractivity contribution in [3.63, 3.8) is 0 Å². The molecule has 1 aliphatic heterocycles. The van der Waals surface area contributed by atoms with Crippen LogP contribution >= 0.6 is 11.3 Å². The summed E-state index contributed by atoms with van der Waals surface area (Å²) in [7, 11) is 0. The van der Waals surface area contributed by atoms with E-state index in [2.05, 4.69) is 9.88 Å². The van der Waals surface area contributed by atoms with Gasteiger partial charge in [-0.2, -0.15) is 0 Å². The van der Waals surface area contributed by atoms with E-state index in [9.17, 15) is 8.78 Å². The Labute approximate surface area is 113 Å². The van der Waals surface area contributed by atoms with Gasteiger partial charge in [0.1, 0.15) is 11.6 Å². The van der Waals surface area contributed by atoms with Gasteiger partial charge < -0.3 is 5.73 Å². The van der Waals surface area contributed by atoms with E-state index in [4.69, 9.17) is 5.73 Å². The summed E-state index contributed by atoms with van der Waals surface area (Å²) in [5.74, 6) is -0.636. The van der Waals surface area contributed by atoms with Crippen LogP contribution in [0.15, 0.2) is 18.3 Å². The number of hydrogen-bond acceptors (Lipinski definition) is 4. The third-order valence-corrected chi connectivity index (χ3v) is 4.14. The molecule has 0 saturated carbocycles. The van der Waals surface area contributed by atoms with Crippen LogP contribution in [0, 0.1) is 11.6 Å². The van der Waals surface area contributed by atoms with Crippen LogP contribution in [0.1, 0.15) is 16.0 Å². The Kier molecular flexibility index (Phi) is 3.20. The van der Waals surface area contributed by atoms with Crippen LogP contribution < -0.4 is 5.73 Å². The third kappa shape index (κ3) is 2.46. The van der Waals surface area contributed by atoms with Crippen LogP contribution in [0.3, 0.4) is 0 Å². The highest BCUT2D eigenvalue weighted by Crippen LogP contribution is 2.26. The predicted octanol–water partition coefficient (Wildman–Crippen LogP) is 2.56. The zero-order valence-corrected chi connectivity index (χ0v) is 11.0. The molecule has 2 aromatic rings. The Morgan fingerprint density at radius 1 is 1.26 bits per heavy atom. The molecule has 3 rings (SSSR count). The molecule has 0 bridgehead atoms. The topological polar surface area (TPSA) is 42.1 Å². The lowest BCUT2D eigenvalue weighted by Gasteiger charge is -2.28. The summed E-state index contributed by atoms with van der Waals surface area (Å²) in [6, 6.07) is 2.40. The Hall–Kier alpha value is -1.53. The van der Waals surface area contributed by atoms with Crippen LogP contribution in [-0.4, -0.2) is 16.4 Å². The maximum absolute atomic E-state index is 13.7. The smallest absolute Gasteiger partial charge is 0.180 e. The van der Waals surface area contributed by atoms with Gasteiger partial charge in [-0.25, -0.2) is 13.8 Å². The standard InChI is InChI=1S/C13H13F2N3S/c14-11-1-2-12(15)10-7-18(4-3-9(10)11)6-8-5-17-13(16)19-8/h1-2,5H,3-4,6-7H2,(H2,16,17). The fourth-order valence-corrected chi connectivity index (χ4v) is 3.13. The lowest BCUT2D eigenvalue weighted by atomic mass is 9.98. The minimum atomic E-state index is -0.329. The van der Waals surface area contributed by atoms with E-state index in [-0.39, 0.29) is 11.6 Å². The minimum Gasteiger partial charge on any atom is -0.375 e. The van der Waals surface area contributed by atoms with Crippen molar-refractivity contribution in [2.45, 2.75) is 19.5 Å². The molecule has 2 heterocycles. The number of aromatic nitrogens is 1. The van der Waals surface area contributed by atoms with Gasteiger partial charge in [-0.3, -0.25) is 4.90 Å². The minimum absolute atomic E-state index is 0.307. The van der Waals surface area contributed by atoms with E-state index in [0.717, 1.165) is 4.88 Å². The number of fused-ring (bicyclic) bond motifs is 1. The molecule has 0 radical (unpaired) electrons. The summed E-state index contributed by atoms with van der Waals surface area (Å²) in [5, 5.41) is 0.532. The highest BCUT2D eigenvalue weighted by molar-refractivity contribution is 7.15. The van der Waals surface area contributed by atoms with Gasteiger partial charge in [0.15, 0.2) is 5.13 Å². The zero-order chi connectivity index (χ0) is 13.4. The van der Waals surface area contributed by atoms with Crippen molar-refractivity contribution < 1.29 is 8.78 Å². The molecule has 0 atom stereocenters. The quantitative estimate of drug-likeness (QED) is 0.920. The molecule has 0 spiro atoms. The Morgan fingerprint density at radius 2 is 2.00 bits per heavy atom. The van der Waals surface area contributed by atoms with Gasteiger partial charge in [-0.1, -0.05) is 0 Å². The zero-order valence-electron chi connectivity index (χ0n) is 10.2. The summed E-state index contributed by atoms with van der Waals surface area (Å²) in [4.78, 5) is 7.11. The highest BCUT2D eigenvalue weighted by Gasteiger charge is 2.22. The molecule has 0 fully saturated rings. The van der Waals surface area contributed by atoms with E-state index in [0.29, 0.717) is 42.3 Å². The van der Waals surface area contributed by atoms with Gasteiger partial charge in [0.25, 0.3) is 0 Å². The fraction of sp³-hybridized carbons (Fsp3) is 0.308. The van der Waals surface area contributed by atoms with E-state index >= 15 is 0 Å². The van der Waals surface area contributed by atoms with Gasteiger partial charge in [-0.15, -0.1) is 11.3 Å². The van der Waals surface area contributed by atoms with Crippen molar-refractivity contribution in [2.75, 3.05) is 12.3 Å². The molecule has 2 N–H and O–H groups in total. The van der Waals surface area contributed by atoms with Crippen LogP contribution in [0.5, 0.6) is 0 Å². The van der Waals surface area contributed by atoms with Crippen molar-refractivity contribution in [3.05, 3.63) is 46.0 Å². The number of hydrogen-bond donors (Lipinski definition) is 1. The number of rotatable bonds is 2. The molecule has 1 aromatic heterocycles. The number of halogens is 2. The second-order valence-electron chi connectivity index (χ2n) is 4.61. The normalized spacial score (nSPS) is 15.5. The molecule has 3 nitrogen and oxygen atoms in total. The molecule has 0 aliphatic carbocycles. The van der Waals surface area contributed by atoms with Crippen LogP contribution in [0.4, 0.5) is 13.9 Å². The number of nitrogens with two attached hydrogens (primary N) is 1. The van der Waals surface area contributed by atoms with Gasteiger partial charge in [0, 0.05) is 36.3 Å². The van der Waals surface area contributed by atoms with E-state index < -0.39 is 0 Å². The maximum Gasteiger partial charge on any atom is 0.180 e. The number of nitrogens with zero attached hydrogens (tertiary/aromatic N) is 2. The number of thiazole rings is 1. The first-order valence-corrected chi connectivity index (χ1v) is 6.83. The molecule has 6 heteroatoms. The molecule has 1 aromatic carbocycles. The number of anilines is 1. The van der Waals surface area contributed by atoms with Crippen LogP contribution in [0.25, 0.3) is 0 Å². The monoisotopic (exact) mass is 281 g/mol. The van der Waals surface area contributed by atoms with Gasteiger partial charge in [-0.05, 0) is 24.1 Å². The van der Waals surface area contributed by atoms with E-state index in [1.165, 1.54) is 23.5 Å². The summed E-state index contributed by atoms with van der Waals surface area (Å²) in [6.07, 6.45) is 2.27. The predicted molar refractivity (Wildman–Crippen MR) is 70.7 cm³/mol. The van der Waals surface area contributed by atoms with Crippen LogP contribution in [0.2, 0.25) is 0 Å². The lowest BCUT2D eigenvalue weighted by Crippen LogP contribution is -2.31. The molecule has 0 unspecified atom stereocenters. The third-order valence-electron chi connectivity index (χ3n) is 3.33. The first kappa shape index (κ1) is 12.5. The maximum atomic E-state index is 13.7. The Bertz CT molecular complexity index is 612. The summed E-state index contributed by atoms with van der Waals surface area (Å²) in [6.45, 7) is 1.81. The Balaban J connectivity index is 1.80. The van der Waals surface area contributed by atoms with E-state index in [1.54, 1.807) is 6.20 Å². The van der Waals surface area contributed by atoms with Crippen LogP contribution in [-0.2, 0) is 19.5 Å². The molecular weight excluding hydrogens is 268 g/mol. The lowest BCUT2D eigenvalue weighted by molar-refractivity contribution is 0.240. The molecule has 19 heavy (non-hydrogen) atoms. The average molecular weight is 281 g/mol. The largest absolute Gasteiger partial charge is 0.375 e. The van der Waals surface area contributed by atoms with Crippen molar-refractivity contribution >= 4 is 16.5 Å². The van der Waals surface area contributed by atoms with Gasteiger partial charge >= 0.3 is 0 Å². The SMILES string of the molecule is Nc1ncc(CN2CCc3c(F)ccc(F)c3C2)s1. The summed E-state index contributed by atoms with van der Waals surface area (Å²) in [5.41, 5.74) is 6.57.